The topological polar surface area (TPSA) is 77.6 Å². The molecule has 2 heterocycles. The summed E-state index contributed by atoms with van der Waals surface area (Å²) in [6.45, 7) is 11.6. The number of halogens is 2. The molecular formula is C31H32Cl2N6O. The van der Waals surface area contributed by atoms with Crippen molar-refractivity contribution in [3.63, 3.8) is 0 Å². The van der Waals surface area contributed by atoms with Crippen molar-refractivity contribution in [1.29, 1.82) is 10.5 Å². The largest absolute Gasteiger partial charge is 0.368 e. The van der Waals surface area contributed by atoms with Crippen LogP contribution in [0.15, 0.2) is 72.5 Å². The van der Waals surface area contributed by atoms with Crippen LogP contribution in [0.4, 0.5) is 5.69 Å². The molecule has 2 aromatic rings. The van der Waals surface area contributed by atoms with E-state index in [-0.39, 0.29) is 5.91 Å². The first-order valence-corrected chi connectivity index (χ1v) is 14.0. The molecule has 2 aromatic carbocycles. The highest BCUT2D eigenvalue weighted by Crippen LogP contribution is 2.31. The van der Waals surface area contributed by atoms with Crippen molar-refractivity contribution in [1.82, 2.24) is 14.7 Å². The van der Waals surface area contributed by atoms with Gasteiger partial charge in [-0.05, 0) is 43.3 Å². The van der Waals surface area contributed by atoms with Gasteiger partial charge in [-0.2, -0.15) is 10.5 Å². The molecule has 7 nitrogen and oxygen atoms in total. The highest BCUT2D eigenvalue weighted by atomic mass is 35.5. The Kier molecular flexibility index (Phi) is 9.90. The lowest BCUT2D eigenvalue weighted by atomic mass is 10.1. The molecule has 0 N–H and O–H groups in total. The molecule has 2 aliphatic rings. The molecule has 0 radical (unpaired) electrons. The van der Waals surface area contributed by atoms with E-state index in [2.05, 4.69) is 33.4 Å². The number of piperazine rings is 2. The normalized spacial score (nSPS) is 16.9. The summed E-state index contributed by atoms with van der Waals surface area (Å²) in [6.07, 6.45) is 5.30. The predicted octanol–water partition coefficient (Wildman–Crippen LogP) is 5.48. The molecule has 0 aromatic heterocycles. The van der Waals surface area contributed by atoms with Gasteiger partial charge in [-0.15, -0.1) is 0 Å². The third kappa shape index (κ3) is 6.35. The average Bonchev–Trinajstić information content (AvgIpc) is 2.99. The van der Waals surface area contributed by atoms with Gasteiger partial charge in [0.25, 0.3) is 5.91 Å². The van der Waals surface area contributed by atoms with Gasteiger partial charge in [-0.25, -0.2) is 0 Å². The van der Waals surface area contributed by atoms with Crippen LogP contribution in [0.3, 0.4) is 0 Å². The number of hydrogen-bond donors (Lipinski definition) is 0. The first-order chi connectivity index (χ1) is 19.4. The number of amides is 1. The zero-order valence-corrected chi connectivity index (χ0v) is 24.1. The number of rotatable bonds is 7. The Bertz CT molecular complexity index is 1400. The van der Waals surface area contributed by atoms with Gasteiger partial charge in [0.15, 0.2) is 0 Å². The van der Waals surface area contributed by atoms with Crippen LogP contribution in [0.2, 0.25) is 10.0 Å². The van der Waals surface area contributed by atoms with Crippen molar-refractivity contribution in [2.75, 3.05) is 57.3 Å². The number of anilines is 1. The van der Waals surface area contributed by atoms with Crippen LogP contribution < -0.4 is 4.90 Å². The molecule has 0 atom stereocenters. The van der Waals surface area contributed by atoms with E-state index in [0.29, 0.717) is 59.5 Å². The van der Waals surface area contributed by atoms with Crippen molar-refractivity contribution < 1.29 is 4.79 Å². The van der Waals surface area contributed by atoms with Gasteiger partial charge in [-0.3, -0.25) is 9.69 Å². The molecule has 2 saturated heterocycles. The average molecular weight is 576 g/mol. The zero-order chi connectivity index (χ0) is 28.6. The van der Waals surface area contributed by atoms with Gasteiger partial charge in [0, 0.05) is 69.5 Å². The second kappa shape index (κ2) is 13.5. The number of allylic oxidation sites excluding steroid dienone is 4. The van der Waals surface area contributed by atoms with Gasteiger partial charge in [0.1, 0.15) is 12.1 Å². The smallest absolute Gasteiger partial charge is 0.255 e. The first-order valence-electron chi connectivity index (χ1n) is 13.3. The van der Waals surface area contributed by atoms with Crippen LogP contribution in [0.1, 0.15) is 28.4 Å². The number of benzene rings is 2. The molecular weight excluding hydrogens is 543 g/mol. The summed E-state index contributed by atoms with van der Waals surface area (Å²) < 4.78 is 0. The Hall–Kier alpha value is -3.75. The molecule has 0 aliphatic carbocycles. The molecule has 206 valence electrons. The maximum atomic E-state index is 13.5. The van der Waals surface area contributed by atoms with E-state index in [4.69, 9.17) is 23.2 Å². The lowest BCUT2D eigenvalue weighted by Gasteiger charge is -2.37. The number of nitriles is 2. The minimum absolute atomic E-state index is 0.126. The van der Waals surface area contributed by atoms with E-state index in [1.807, 2.05) is 37.3 Å². The van der Waals surface area contributed by atoms with Crippen molar-refractivity contribution in [3.05, 3.63) is 99.2 Å². The number of nitrogens with zero attached hydrogens (tertiary/aromatic N) is 6. The van der Waals surface area contributed by atoms with Crippen molar-refractivity contribution in [2.24, 2.45) is 0 Å². The Morgan fingerprint density at radius 3 is 2.27 bits per heavy atom. The van der Waals surface area contributed by atoms with Crippen molar-refractivity contribution in [2.45, 2.75) is 13.5 Å². The van der Waals surface area contributed by atoms with Crippen LogP contribution in [0, 0.1) is 22.7 Å². The van der Waals surface area contributed by atoms with Gasteiger partial charge in [-0.1, -0.05) is 48.0 Å². The fourth-order valence-electron chi connectivity index (χ4n) is 5.20. The van der Waals surface area contributed by atoms with E-state index >= 15 is 0 Å². The van der Waals surface area contributed by atoms with Gasteiger partial charge in [0.2, 0.25) is 0 Å². The van der Waals surface area contributed by atoms with E-state index in [9.17, 15) is 15.3 Å². The summed E-state index contributed by atoms with van der Waals surface area (Å²) in [6, 6.07) is 15.6. The second-order valence-corrected chi connectivity index (χ2v) is 10.5. The lowest BCUT2D eigenvalue weighted by Crippen LogP contribution is -2.48. The van der Waals surface area contributed by atoms with Crippen LogP contribution >= 0.6 is 23.2 Å². The maximum absolute atomic E-state index is 13.5. The van der Waals surface area contributed by atoms with Crippen molar-refractivity contribution >= 4 is 34.8 Å². The number of carbonyl (C=O) groups is 1. The van der Waals surface area contributed by atoms with E-state index in [1.54, 1.807) is 29.2 Å². The number of hydrogen-bond acceptors (Lipinski definition) is 6. The van der Waals surface area contributed by atoms with Crippen LogP contribution in [0.25, 0.3) is 0 Å². The molecule has 0 unspecified atom stereocenters. The number of para-hydroxylation sites is 1. The third-order valence-corrected chi connectivity index (χ3v) is 8.15. The third-order valence-electron chi connectivity index (χ3n) is 7.37. The molecule has 2 fully saturated rings. The lowest BCUT2D eigenvalue weighted by molar-refractivity contribution is 0.0672. The molecule has 9 heteroatoms. The zero-order valence-electron chi connectivity index (χ0n) is 22.6. The van der Waals surface area contributed by atoms with Gasteiger partial charge >= 0.3 is 0 Å². The molecule has 0 saturated carbocycles. The monoisotopic (exact) mass is 574 g/mol. The SMILES string of the molecule is C=C/C(=C(C#N)\C=C/C)N1CCN(C(=O)c2ccc(Cl)c(CN3CCN(c4ccccc4C#N)CC3)c2Cl)CC1. The second-order valence-electron chi connectivity index (χ2n) is 9.67. The maximum Gasteiger partial charge on any atom is 0.255 e. The summed E-state index contributed by atoms with van der Waals surface area (Å²) >= 11 is 13.4. The quantitative estimate of drug-likeness (QED) is 0.321. The Labute approximate surface area is 246 Å². The highest BCUT2D eigenvalue weighted by molar-refractivity contribution is 6.38. The molecule has 40 heavy (non-hydrogen) atoms. The molecule has 2 aliphatic heterocycles. The summed E-state index contributed by atoms with van der Waals surface area (Å²) in [7, 11) is 0. The van der Waals surface area contributed by atoms with Crippen LogP contribution in [-0.4, -0.2) is 73.0 Å². The summed E-state index contributed by atoms with van der Waals surface area (Å²) in [4.78, 5) is 21.9. The van der Waals surface area contributed by atoms with Crippen LogP contribution in [-0.2, 0) is 6.54 Å². The minimum atomic E-state index is -0.126. The van der Waals surface area contributed by atoms with Gasteiger partial charge in [0.05, 0.1) is 33.1 Å². The van der Waals surface area contributed by atoms with Crippen molar-refractivity contribution in [3.8, 4) is 12.1 Å². The van der Waals surface area contributed by atoms with E-state index in [1.165, 1.54) is 0 Å². The van der Waals surface area contributed by atoms with E-state index < -0.39 is 0 Å². The molecule has 1 amide bonds. The Balaban J connectivity index is 1.42. The molecule has 0 bridgehead atoms. The fourth-order valence-corrected chi connectivity index (χ4v) is 5.77. The first kappa shape index (κ1) is 29.2. The van der Waals surface area contributed by atoms with E-state index in [0.717, 1.165) is 43.1 Å². The fraction of sp³-hybridized carbons (Fsp3) is 0.323. The molecule has 4 rings (SSSR count). The summed E-state index contributed by atoms with van der Waals surface area (Å²) in [5, 5.41) is 19.9. The summed E-state index contributed by atoms with van der Waals surface area (Å²) in [5.74, 6) is -0.126. The Morgan fingerprint density at radius 2 is 1.65 bits per heavy atom. The Morgan fingerprint density at radius 1 is 0.975 bits per heavy atom. The number of carbonyl (C=O) groups excluding carboxylic acids is 1. The van der Waals surface area contributed by atoms with Gasteiger partial charge < -0.3 is 14.7 Å². The molecule has 0 spiro atoms. The standard InChI is InChI=1S/C31H32Cl2N6O/c1-3-7-23(20-34)28(4-2)37-16-18-39(19-17-37)31(40)25-10-11-27(32)26(30(25)33)22-36-12-14-38(15-13-36)29-9-6-5-8-24(29)21-35/h3-11H,2,12-19,22H2,1H3/b7-3-,28-23-. The predicted molar refractivity (Wildman–Crippen MR) is 160 cm³/mol. The summed E-state index contributed by atoms with van der Waals surface area (Å²) in [5.41, 5.74) is 4.15. The highest BCUT2D eigenvalue weighted by Gasteiger charge is 2.27. The van der Waals surface area contributed by atoms with Crippen LogP contribution in [0.5, 0.6) is 0 Å². The minimum Gasteiger partial charge on any atom is -0.368 e.